The zero-order valence-corrected chi connectivity index (χ0v) is 12.1. The molecule has 21 heavy (non-hydrogen) atoms. The molecule has 2 aliphatic heterocycles. The van der Waals surface area contributed by atoms with Crippen LogP contribution in [0.3, 0.4) is 0 Å². The Bertz CT molecular complexity index is 601. The fourth-order valence-corrected chi connectivity index (χ4v) is 5.45. The van der Waals surface area contributed by atoms with Crippen LogP contribution in [-0.4, -0.2) is 20.5 Å². The van der Waals surface area contributed by atoms with E-state index in [1.54, 1.807) is 0 Å². The van der Waals surface area contributed by atoms with Crippen LogP contribution in [0.2, 0.25) is 0 Å². The number of fused-ring (bicyclic) bond motifs is 2. The minimum atomic E-state index is -1.25. The van der Waals surface area contributed by atoms with Gasteiger partial charge in [0.15, 0.2) is 11.6 Å². The summed E-state index contributed by atoms with van der Waals surface area (Å²) in [6.45, 7) is 0. The molecule has 114 valence electrons. The van der Waals surface area contributed by atoms with Gasteiger partial charge in [-0.2, -0.15) is 0 Å². The molecule has 0 radical (unpaired) electrons. The van der Waals surface area contributed by atoms with Crippen LogP contribution in [0.5, 0.6) is 0 Å². The van der Waals surface area contributed by atoms with Crippen LogP contribution >= 0.6 is 0 Å². The number of carbonyl (C=O) groups is 1. The van der Waals surface area contributed by atoms with Crippen molar-refractivity contribution in [3.05, 3.63) is 35.1 Å². The molecule has 2 nitrogen and oxygen atoms in total. The standard InChI is InChI=1S/C15H15F3O2S/c16-12-7-14(18)13(17)5-8(12)6-15(19)9-3-10-1-2-11(4-9)21(10)20/h5,7,9-11H,1-4,6H2. The van der Waals surface area contributed by atoms with Gasteiger partial charge in [0.05, 0.1) is 0 Å². The number of hydrogen-bond acceptors (Lipinski definition) is 2. The third-order valence-corrected chi connectivity index (χ3v) is 6.64. The van der Waals surface area contributed by atoms with Crippen molar-refractivity contribution in [3.63, 3.8) is 0 Å². The quantitative estimate of drug-likeness (QED) is 0.804. The molecule has 0 amide bonds. The van der Waals surface area contributed by atoms with Crippen LogP contribution < -0.4 is 0 Å². The number of Topliss-reactive ketones (excluding diaryl/α,β-unsaturated/α-hetero) is 1. The van der Waals surface area contributed by atoms with Crippen LogP contribution in [-0.2, 0) is 22.0 Å². The summed E-state index contributed by atoms with van der Waals surface area (Å²) in [6, 6.07) is 1.22. The van der Waals surface area contributed by atoms with Gasteiger partial charge >= 0.3 is 0 Å². The summed E-state index contributed by atoms with van der Waals surface area (Å²) in [5.74, 6) is -3.72. The van der Waals surface area contributed by atoms with Gasteiger partial charge in [-0.3, -0.25) is 9.00 Å². The lowest BCUT2D eigenvalue weighted by molar-refractivity contribution is -0.122. The zero-order chi connectivity index (χ0) is 15.1. The fraction of sp³-hybridized carbons (Fsp3) is 0.533. The normalized spacial score (nSPS) is 31.4. The lowest BCUT2D eigenvalue weighted by Gasteiger charge is -2.26. The second-order valence-corrected chi connectivity index (χ2v) is 7.81. The number of halogens is 3. The van der Waals surface area contributed by atoms with Gasteiger partial charge in [-0.15, -0.1) is 0 Å². The number of benzene rings is 1. The first-order valence-corrected chi connectivity index (χ1v) is 8.29. The first-order chi connectivity index (χ1) is 9.95. The highest BCUT2D eigenvalue weighted by molar-refractivity contribution is 7.86. The van der Waals surface area contributed by atoms with Gasteiger partial charge in [-0.05, 0) is 37.3 Å². The van der Waals surface area contributed by atoms with Crippen LogP contribution in [0.4, 0.5) is 13.2 Å². The summed E-state index contributed by atoms with van der Waals surface area (Å²) in [7, 11) is -0.849. The molecule has 1 aromatic rings. The van der Waals surface area contributed by atoms with Crippen molar-refractivity contribution in [3.8, 4) is 0 Å². The minimum Gasteiger partial charge on any atom is -0.299 e. The van der Waals surface area contributed by atoms with Gasteiger partial charge in [0.2, 0.25) is 0 Å². The minimum absolute atomic E-state index is 0.0625. The van der Waals surface area contributed by atoms with E-state index in [2.05, 4.69) is 0 Å². The Morgan fingerprint density at radius 3 is 2.24 bits per heavy atom. The Hall–Kier alpha value is -1.17. The second kappa shape index (κ2) is 5.55. The maximum atomic E-state index is 13.6. The van der Waals surface area contributed by atoms with Gasteiger partial charge < -0.3 is 0 Å². The van der Waals surface area contributed by atoms with Crippen molar-refractivity contribution in [1.29, 1.82) is 0 Å². The SMILES string of the molecule is O=C(Cc1cc(F)c(F)cc1F)C1CC2CCC(C1)S2=O. The lowest BCUT2D eigenvalue weighted by atomic mass is 9.90. The first kappa shape index (κ1) is 14.8. The van der Waals surface area contributed by atoms with E-state index < -0.39 is 28.3 Å². The molecule has 2 saturated heterocycles. The molecular weight excluding hydrogens is 301 g/mol. The summed E-state index contributed by atoms with van der Waals surface area (Å²) in [4.78, 5) is 12.3. The van der Waals surface area contributed by atoms with E-state index in [-0.39, 0.29) is 34.2 Å². The van der Waals surface area contributed by atoms with Crippen molar-refractivity contribution < 1.29 is 22.2 Å². The van der Waals surface area contributed by atoms with E-state index in [1.807, 2.05) is 0 Å². The van der Waals surface area contributed by atoms with Gasteiger partial charge in [0.1, 0.15) is 11.6 Å². The number of hydrogen-bond donors (Lipinski definition) is 0. The third kappa shape index (κ3) is 2.78. The van der Waals surface area contributed by atoms with Gasteiger partial charge in [-0.25, -0.2) is 13.2 Å². The highest BCUT2D eigenvalue weighted by Gasteiger charge is 2.42. The highest BCUT2D eigenvalue weighted by atomic mass is 32.2. The van der Waals surface area contributed by atoms with Crippen molar-refractivity contribution in [2.24, 2.45) is 5.92 Å². The summed E-state index contributed by atoms with van der Waals surface area (Å²) in [5, 5.41) is 0.125. The van der Waals surface area contributed by atoms with Gasteiger partial charge in [0.25, 0.3) is 0 Å². The monoisotopic (exact) mass is 316 g/mol. The highest BCUT2D eigenvalue weighted by Crippen LogP contribution is 2.39. The second-order valence-electron chi connectivity index (χ2n) is 5.82. The summed E-state index contributed by atoms with van der Waals surface area (Å²) in [5.41, 5.74) is -0.113. The molecule has 3 rings (SSSR count). The predicted octanol–water partition coefficient (Wildman–Crippen LogP) is 2.91. The Labute approximate surface area is 123 Å². The Balaban J connectivity index is 1.73. The molecule has 1 aromatic carbocycles. The Kier molecular flexibility index (Phi) is 3.90. The molecular formula is C15H15F3O2S. The molecule has 0 aromatic heterocycles. The van der Waals surface area contributed by atoms with Gasteiger partial charge in [0, 0.05) is 39.7 Å². The molecule has 2 aliphatic rings. The van der Waals surface area contributed by atoms with Crippen molar-refractivity contribution in [2.75, 3.05) is 0 Å². The van der Waals surface area contributed by atoms with E-state index in [9.17, 15) is 22.2 Å². The molecule has 0 N–H and O–H groups in total. The molecule has 2 heterocycles. The van der Waals surface area contributed by atoms with E-state index in [1.165, 1.54) is 0 Å². The van der Waals surface area contributed by atoms with E-state index >= 15 is 0 Å². The topological polar surface area (TPSA) is 34.1 Å². The third-order valence-electron chi connectivity index (χ3n) is 4.47. The number of carbonyl (C=O) groups excluding carboxylic acids is 1. The van der Waals surface area contributed by atoms with Crippen molar-refractivity contribution in [1.82, 2.24) is 0 Å². The van der Waals surface area contributed by atoms with E-state index in [0.717, 1.165) is 18.9 Å². The molecule has 0 spiro atoms. The number of rotatable bonds is 3. The summed E-state index contributed by atoms with van der Waals surface area (Å²) >= 11 is 0. The molecule has 2 atom stereocenters. The molecule has 0 saturated carbocycles. The van der Waals surface area contributed by atoms with Crippen LogP contribution in [0, 0.1) is 23.4 Å². The van der Waals surface area contributed by atoms with Crippen LogP contribution in [0.1, 0.15) is 31.2 Å². The lowest BCUT2D eigenvalue weighted by Crippen LogP contribution is -2.33. The smallest absolute Gasteiger partial charge is 0.161 e. The van der Waals surface area contributed by atoms with Crippen molar-refractivity contribution >= 4 is 16.6 Å². The molecule has 2 bridgehead atoms. The maximum absolute atomic E-state index is 13.6. The zero-order valence-electron chi connectivity index (χ0n) is 11.3. The first-order valence-electron chi connectivity index (χ1n) is 7.01. The van der Waals surface area contributed by atoms with E-state index in [4.69, 9.17) is 0 Å². The largest absolute Gasteiger partial charge is 0.299 e. The molecule has 6 heteroatoms. The molecule has 2 fully saturated rings. The fourth-order valence-electron chi connectivity index (χ4n) is 3.33. The number of ketones is 1. The van der Waals surface area contributed by atoms with Crippen LogP contribution in [0.25, 0.3) is 0 Å². The maximum Gasteiger partial charge on any atom is 0.161 e. The molecule has 0 aliphatic carbocycles. The Morgan fingerprint density at radius 1 is 1.05 bits per heavy atom. The van der Waals surface area contributed by atoms with Gasteiger partial charge in [-0.1, -0.05) is 0 Å². The summed E-state index contributed by atoms with van der Waals surface area (Å²) < 4.78 is 51.5. The Morgan fingerprint density at radius 2 is 1.62 bits per heavy atom. The molecule has 2 unspecified atom stereocenters. The summed E-state index contributed by atoms with van der Waals surface area (Å²) in [6.07, 6.45) is 2.64. The predicted molar refractivity (Wildman–Crippen MR) is 72.7 cm³/mol. The van der Waals surface area contributed by atoms with E-state index in [0.29, 0.717) is 18.9 Å². The average molecular weight is 316 g/mol. The van der Waals surface area contributed by atoms with Crippen LogP contribution in [0.15, 0.2) is 12.1 Å². The van der Waals surface area contributed by atoms with Crippen molar-refractivity contribution in [2.45, 2.75) is 42.6 Å². The average Bonchev–Trinajstić information content (AvgIpc) is 2.65.